The molecular formula is C10H13N3O2. The van der Waals surface area contributed by atoms with Crippen molar-refractivity contribution >= 4 is 16.7 Å². The summed E-state index contributed by atoms with van der Waals surface area (Å²) >= 11 is 0. The Bertz CT molecular complexity index is 479. The van der Waals surface area contributed by atoms with E-state index in [1.807, 2.05) is 4.57 Å². The zero-order valence-corrected chi connectivity index (χ0v) is 8.47. The maximum Gasteiger partial charge on any atom is 0.144 e. The fraction of sp³-hybridized carbons (Fsp3) is 0.300. The molecular weight excluding hydrogens is 194 g/mol. The van der Waals surface area contributed by atoms with E-state index < -0.39 is 0 Å². The van der Waals surface area contributed by atoms with Crippen molar-refractivity contribution in [1.82, 2.24) is 9.55 Å². The van der Waals surface area contributed by atoms with Crippen molar-refractivity contribution in [3.8, 4) is 5.75 Å². The Hall–Kier alpha value is -1.75. The third-order valence-corrected chi connectivity index (χ3v) is 2.31. The summed E-state index contributed by atoms with van der Waals surface area (Å²) in [4.78, 5) is 4.20. The van der Waals surface area contributed by atoms with Gasteiger partial charge in [-0.05, 0) is 6.07 Å². The van der Waals surface area contributed by atoms with Crippen molar-refractivity contribution < 1.29 is 9.84 Å². The number of anilines is 1. The van der Waals surface area contributed by atoms with Gasteiger partial charge in [-0.2, -0.15) is 0 Å². The number of nitrogens with zero attached hydrogens (tertiary/aromatic N) is 2. The molecule has 0 fully saturated rings. The van der Waals surface area contributed by atoms with E-state index in [2.05, 4.69) is 4.98 Å². The number of rotatable bonds is 3. The van der Waals surface area contributed by atoms with Crippen LogP contribution in [0.25, 0.3) is 11.0 Å². The molecule has 0 saturated carbocycles. The van der Waals surface area contributed by atoms with Crippen molar-refractivity contribution in [1.29, 1.82) is 0 Å². The molecule has 0 radical (unpaired) electrons. The first-order valence-electron chi connectivity index (χ1n) is 4.65. The average molecular weight is 207 g/mol. The Morgan fingerprint density at radius 2 is 2.33 bits per heavy atom. The summed E-state index contributed by atoms with van der Waals surface area (Å²) in [6.07, 6.45) is 1.68. The second kappa shape index (κ2) is 3.78. The SMILES string of the molecule is COc1cc2ncn(CCO)c2cc1N. The summed E-state index contributed by atoms with van der Waals surface area (Å²) in [5.41, 5.74) is 8.09. The van der Waals surface area contributed by atoms with E-state index in [4.69, 9.17) is 15.6 Å². The van der Waals surface area contributed by atoms with Crippen LogP contribution in [0.3, 0.4) is 0 Å². The van der Waals surface area contributed by atoms with Crippen molar-refractivity contribution in [3.05, 3.63) is 18.5 Å². The molecule has 80 valence electrons. The van der Waals surface area contributed by atoms with Crippen LogP contribution in [0.5, 0.6) is 5.75 Å². The minimum absolute atomic E-state index is 0.0807. The van der Waals surface area contributed by atoms with E-state index in [1.54, 1.807) is 25.6 Å². The molecule has 5 heteroatoms. The third kappa shape index (κ3) is 1.61. The minimum Gasteiger partial charge on any atom is -0.495 e. The molecule has 0 aliphatic rings. The van der Waals surface area contributed by atoms with Crippen LogP contribution in [0.4, 0.5) is 5.69 Å². The number of aliphatic hydroxyl groups is 1. The van der Waals surface area contributed by atoms with Crippen LogP contribution >= 0.6 is 0 Å². The molecule has 0 unspecified atom stereocenters. The highest BCUT2D eigenvalue weighted by Gasteiger charge is 2.07. The molecule has 0 amide bonds. The zero-order valence-electron chi connectivity index (χ0n) is 8.47. The Balaban J connectivity index is 2.57. The number of fused-ring (bicyclic) bond motifs is 1. The van der Waals surface area contributed by atoms with Gasteiger partial charge in [-0.25, -0.2) is 4.98 Å². The van der Waals surface area contributed by atoms with Crippen molar-refractivity contribution in [2.24, 2.45) is 0 Å². The van der Waals surface area contributed by atoms with Crippen molar-refractivity contribution in [2.45, 2.75) is 6.54 Å². The number of methoxy groups -OCH3 is 1. The number of hydrogen-bond acceptors (Lipinski definition) is 4. The van der Waals surface area contributed by atoms with Gasteiger partial charge in [0.15, 0.2) is 0 Å². The molecule has 0 atom stereocenters. The fourth-order valence-electron chi connectivity index (χ4n) is 1.56. The van der Waals surface area contributed by atoms with E-state index in [0.717, 1.165) is 11.0 Å². The van der Waals surface area contributed by atoms with Crippen molar-refractivity contribution in [3.63, 3.8) is 0 Å². The van der Waals surface area contributed by atoms with E-state index in [-0.39, 0.29) is 6.61 Å². The number of aromatic nitrogens is 2. The van der Waals surface area contributed by atoms with Gasteiger partial charge in [0.25, 0.3) is 0 Å². The first-order valence-corrected chi connectivity index (χ1v) is 4.65. The van der Waals surface area contributed by atoms with Crippen LogP contribution in [0.2, 0.25) is 0 Å². The lowest BCUT2D eigenvalue weighted by Crippen LogP contribution is -2.00. The van der Waals surface area contributed by atoms with Crippen molar-refractivity contribution in [2.75, 3.05) is 19.5 Å². The van der Waals surface area contributed by atoms with E-state index in [9.17, 15) is 0 Å². The molecule has 2 aromatic rings. The highest BCUT2D eigenvalue weighted by molar-refractivity contribution is 5.82. The number of nitrogens with two attached hydrogens (primary N) is 1. The Kier molecular flexibility index (Phi) is 2.47. The molecule has 2 rings (SSSR count). The van der Waals surface area contributed by atoms with Gasteiger partial charge in [0.2, 0.25) is 0 Å². The smallest absolute Gasteiger partial charge is 0.144 e. The van der Waals surface area contributed by atoms with Gasteiger partial charge in [0.1, 0.15) is 5.75 Å². The lowest BCUT2D eigenvalue weighted by molar-refractivity contribution is 0.278. The number of benzene rings is 1. The van der Waals surface area contributed by atoms with E-state index in [1.165, 1.54) is 0 Å². The lowest BCUT2D eigenvalue weighted by Gasteiger charge is -2.05. The van der Waals surface area contributed by atoms with Gasteiger partial charge < -0.3 is 20.1 Å². The quantitative estimate of drug-likeness (QED) is 0.723. The fourth-order valence-corrected chi connectivity index (χ4v) is 1.56. The Morgan fingerprint density at radius 1 is 1.53 bits per heavy atom. The van der Waals surface area contributed by atoms with Crippen LogP contribution in [0.15, 0.2) is 18.5 Å². The number of nitrogen functional groups attached to an aromatic ring is 1. The molecule has 1 aromatic carbocycles. The first kappa shape index (κ1) is 9.79. The largest absolute Gasteiger partial charge is 0.495 e. The molecule has 0 bridgehead atoms. The maximum absolute atomic E-state index is 8.86. The number of imidazole rings is 1. The molecule has 1 heterocycles. The second-order valence-corrected chi connectivity index (χ2v) is 3.24. The first-order chi connectivity index (χ1) is 7.26. The number of ether oxygens (including phenoxy) is 1. The average Bonchev–Trinajstić information content (AvgIpc) is 2.61. The standard InChI is InChI=1S/C10H13N3O2/c1-15-10-5-8-9(4-7(10)11)13(2-3-14)6-12-8/h4-6,14H,2-3,11H2,1H3. The van der Waals surface area contributed by atoms with Gasteiger partial charge in [-0.1, -0.05) is 0 Å². The van der Waals surface area contributed by atoms with Crippen LogP contribution in [-0.4, -0.2) is 28.4 Å². The summed E-state index contributed by atoms with van der Waals surface area (Å²) in [6.45, 7) is 0.597. The summed E-state index contributed by atoms with van der Waals surface area (Å²) in [5.74, 6) is 0.622. The predicted octanol–water partition coefficient (Wildman–Crippen LogP) is 0.619. The highest BCUT2D eigenvalue weighted by Crippen LogP contribution is 2.26. The van der Waals surface area contributed by atoms with Crippen LogP contribution in [0.1, 0.15) is 0 Å². The monoisotopic (exact) mass is 207 g/mol. The van der Waals surface area contributed by atoms with Gasteiger partial charge in [0.05, 0.1) is 36.8 Å². The predicted molar refractivity (Wildman–Crippen MR) is 57.8 cm³/mol. The second-order valence-electron chi connectivity index (χ2n) is 3.24. The normalized spacial score (nSPS) is 10.8. The van der Waals surface area contributed by atoms with Crippen LogP contribution in [-0.2, 0) is 6.54 Å². The molecule has 0 aliphatic carbocycles. The third-order valence-electron chi connectivity index (χ3n) is 2.31. The summed E-state index contributed by atoms with van der Waals surface area (Å²) in [6, 6.07) is 3.59. The molecule has 3 N–H and O–H groups in total. The minimum atomic E-state index is 0.0807. The molecule has 0 aliphatic heterocycles. The number of aliphatic hydroxyl groups excluding tert-OH is 1. The topological polar surface area (TPSA) is 73.3 Å². The highest BCUT2D eigenvalue weighted by atomic mass is 16.5. The Labute approximate surface area is 87.1 Å². The zero-order chi connectivity index (χ0) is 10.8. The Morgan fingerprint density at radius 3 is 3.00 bits per heavy atom. The lowest BCUT2D eigenvalue weighted by atomic mass is 10.2. The molecule has 15 heavy (non-hydrogen) atoms. The maximum atomic E-state index is 8.86. The van der Waals surface area contributed by atoms with Crippen LogP contribution < -0.4 is 10.5 Å². The number of hydrogen-bond donors (Lipinski definition) is 2. The van der Waals surface area contributed by atoms with Gasteiger partial charge in [-0.3, -0.25) is 0 Å². The molecule has 0 saturated heterocycles. The molecule has 5 nitrogen and oxygen atoms in total. The van der Waals surface area contributed by atoms with Gasteiger partial charge in [-0.15, -0.1) is 0 Å². The van der Waals surface area contributed by atoms with Crippen LogP contribution in [0, 0.1) is 0 Å². The van der Waals surface area contributed by atoms with Gasteiger partial charge in [0, 0.05) is 12.6 Å². The molecule has 0 spiro atoms. The molecule has 1 aromatic heterocycles. The summed E-state index contributed by atoms with van der Waals surface area (Å²) < 4.78 is 6.95. The van der Waals surface area contributed by atoms with Gasteiger partial charge >= 0.3 is 0 Å². The summed E-state index contributed by atoms with van der Waals surface area (Å²) in [7, 11) is 1.57. The van der Waals surface area contributed by atoms with E-state index >= 15 is 0 Å². The summed E-state index contributed by atoms with van der Waals surface area (Å²) in [5, 5.41) is 8.86. The van der Waals surface area contributed by atoms with E-state index in [0.29, 0.717) is 18.0 Å².